The van der Waals surface area contributed by atoms with E-state index in [4.69, 9.17) is 38.2 Å². The highest BCUT2D eigenvalue weighted by molar-refractivity contribution is 6.05. The zero-order chi connectivity index (χ0) is 54.1. The van der Waals surface area contributed by atoms with E-state index in [0.29, 0.717) is 16.9 Å². The van der Waals surface area contributed by atoms with Crippen LogP contribution in [-0.2, 0) is 51.9 Å². The molecule has 0 amide bonds. The van der Waals surface area contributed by atoms with Crippen molar-refractivity contribution in [3.63, 3.8) is 0 Å². The summed E-state index contributed by atoms with van der Waals surface area (Å²) in [6.07, 6.45) is 1.96. The largest absolute Gasteiger partial charge is 0.488 e. The summed E-state index contributed by atoms with van der Waals surface area (Å²) < 4.78 is 88.9. The molecule has 1 aliphatic heterocycles. The smallest absolute Gasteiger partial charge is 0.455 e. The van der Waals surface area contributed by atoms with Crippen molar-refractivity contribution < 1.29 is 60.7 Å². The minimum Gasteiger partial charge on any atom is -0.488 e. The predicted octanol–water partition coefficient (Wildman–Crippen LogP) is 13.7. The first kappa shape index (κ1) is 55.0. The Morgan fingerprint density at radius 2 is 1.06 bits per heavy atom. The SMILES string of the molecule is O=C(CCCC(=O)O[C@H]1Cc2c(OCc3ccccc3)cc(OCc3ccccc3)c(C(=O)C(F)(F)F)c2O[C@@H]1c1ccc(OCc2ccccc2)c(OCc2ccccc2)c1)OC(=NC1CCCCC1)NC1CCCCC1. The summed E-state index contributed by atoms with van der Waals surface area (Å²) in [6, 6.07) is 43.6. The Morgan fingerprint density at radius 3 is 1.62 bits per heavy atom. The maximum absolute atomic E-state index is 14.9. The van der Waals surface area contributed by atoms with Gasteiger partial charge in [0, 0.05) is 42.5 Å². The first-order valence-corrected chi connectivity index (χ1v) is 27.1. The molecular formula is C63H65F3N2O10. The number of amidine groups is 1. The molecule has 6 aromatic rings. The lowest BCUT2D eigenvalue weighted by atomic mass is 9.90. The summed E-state index contributed by atoms with van der Waals surface area (Å²) in [5.41, 5.74) is 2.66. The molecule has 9 rings (SSSR count). The summed E-state index contributed by atoms with van der Waals surface area (Å²) in [5, 5.41) is 3.40. The quantitative estimate of drug-likeness (QED) is 0.0319. The molecule has 2 saturated carbocycles. The Morgan fingerprint density at radius 1 is 0.564 bits per heavy atom. The number of esters is 2. The van der Waals surface area contributed by atoms with E-state index in [-0.39, 0.29) is 87.3 Å². The van der Waals surface area contributed by atoms with Gasteiger partial charge >= 0.3 is 18.1 Å². The van der Waals surface area contributed by atoms with Crippen LogP contribution in [0, 0.1) is 0 Å². The number of nitrogens with zero attached hydrogens (tertiary/aromatic N) is 1. The van der Waals surface area contributed by atoms with Gasteiger partial charge in [-0.15, -0.1) is 0 Å². The molecule has 0 bridgehead atoms. The van der Waals surface area contributed by atoms with Crippen LogP contribution in [0.25, 0.3) is 0 Å². The highest BCUT2D eigenvalue weighted by Gasteiger charge is 2.47. The lowest BCUT2D eigenvalue weighted by Crippen LogP contribution is -2.39. The van der Waals surface area contributed by atoms with E-state index >= 15 is 0 Å². The first-order valence-electron chi connectivity index (χ1n) is 27.1. The van der Waals surface area contributed by atoms with Gasteiger partial charge in [0.05, 0.1) is 6.04 Å². The number of benzene rings is 6. The third-order valence-corrected chi connectivity index (χ3v) is 14.1. The summed E-state index contributed by atoms with van der Waals surface area (Å²) in [6.45, 7) is 0.109. The van der Waals surface area contributed by atoms with Gasteiger partial charge in [0.25, 0.3) is 11.8 Å². The van der Waals surface area contributed by atoms with Gasteiger partial charge in [-0.1, -0.05) is 166 Å². The molecule has 3 aliphatic rings. The Bertz CT molecular complexity index is 2950. The second kappa shape index (κ2) is 27.0. The summed E-state index contributed by atoms with van der Waals surface area (Å²) in [7, 11) is 0. The number of ketones is 1. The number of rotatable bonds is 21. The van der Waals surface area contributed by atoms with E-state index in [0.717, 1.165) is 80.9 Å². The fourth-order valence-corrected chi connectivity index (χ4v) is 10.0. The van der Waals surface area contributed by atoms with Crippen molar-refractivity contribution in [1.29, 1.82) is 0 Å². The number of nitrogens with one attached hydrogen (secondary N) is 1. The molecule has 0 radical (unpaired) electrons. The number of fused-ring (bicyclic) bond motifs is 1. The Labute approximate surface area is 453 Å². The van der Waals surface area contributed by atoms with Crippen molar-refractivity contribution in [3.8, 4) is 28.7 Å². The summed E-state index contributed by atoms with van der Waals surface area (Å²) in [4.78, 5) is 46.3. The standard InChI is InChI=1S/C63H65F3N2O10/c64-63(65,66)61(71)58-54(75-42-46-26-13-4-14-27-46)38-52(73-40-44-22-9-2-10-23-44)50-37-55(76-56(69)32-19-33-57(70)77-62(67-48-28-15-5-16-29-48)68-49-30-17-6-18-31-49)59(78-60(50)58)47-34-35-51(72-39-43-20-7-1-8-21-43)53(36-47)74-41-45-24-11-3-12-25-45/h1-4,7-14,20-27,34-36,38,48-49,55,59H,5-6,15-19,28-33,37,39-42H2,(H,67,68)/t55-,59+/m0/s1. The van der Waals surface area contributed by atoms with Crippen molar-refractivity contribution >= 4 is 23.7 Å². The number of aliphatic imine (C=N–C) groups is 1. The molecule has 0 spiro atoms. The average molecular weight is 1070 g/mol. The highest BCUT2D eigenvalue weighted by atomic mass is 19.4. The van der Waals surface area contributed by atoms with Gasteiger partial charge in [-0.25, -0.2) is 4.99 Å². The van der Waals surface area contributed by atoms with Gasteiger partial charge in [-0.05, 0) is 66.5 Å². The van der Waals surface area contributed by atoms with Gasteiger partial charge in [-0.2, -0.15) is 13.2 Å². The van der Waals surface area contributed by atoms with E-state index in [1.807, 2.05) is 91.0 Å². The maximum Gasteiger partial charge on any atom is 0.455 e. The zero-order valence-corrected chi connectivity index (χ0v) is 43.6. The number of hydrogen-bond donors (Lipinski definition) is 1. The predicted molar refractivity (Wildman–Crippen MR) is 288 cm³/mol. The topological polar surface area (TPSA) is 140 Å². The molecule has 12 nitrogen and oxygen atoms in total. The van der Waals surface area contributed by atoms with Crippen LogP contribution in [0.3, 0.4) is 0 Å². The van der Waals surface area contributed by atoms with Gasteiger partial charge in [0.2, 0.25) is 0 Å². The maximum atomic E-state index is 14.9. The van der Waals surface area contributed by atoms with Crippen molar-refractivity contribution in [1.82, 2.24) is 5.32 Å². The van der Waals surface area contributed by atoms with Crippen molar-refractivity contribution in [2.24, 2.45) is 4.99 Å². The normalized spacial score (nSPS) is 16.9. The Kier molecular flexibility index (Phi) is 19.0. The molecule has 0 unspecified atom stereocenters. The van der Waals surface area contributed by atoms with Gasteiger partial charge < -0.3 is 38.5 Å². The van der Waals surface area contributed by atoms with Gasteiger partial charge in [0.1, 0.15) is 55.3 Å². The molecule has 2 atom stereocenters. The number of Topliss-reactive ketones (excluding diaryl/α,β-unsaturated/α-hetero) is 1. The first-order chi connectivity index (χ1) is 38.0. The highest BCUT2D eigenvalue weighted by Crippen LogP contribution is 2.50. The van der Waals surface area contributed by atoms with Gasteiger partial charge in [0.15, 0.2) is 17.6 Å². The van der Waals surface area contributed by atoms with E-state index < -0.39 is 53.2 Å². The Balaban J connectivity index is 1.04. The minimum absolute atomic E-state index is 0.0161. The molecule has 2 aliphatic carbocycles. The van der Waals surface area contributed by atoms with E-state index in [2.05, 4.69) is 5.32 Å². The molecule has 15 heteroatoms. The van der Waals surface area contributed by atoms with Crippen LogP contribution >= 0.6 is 0 Å². The van der Waals surface area contributed by atoms with E-state index in [1.54, 1.807) is 48.5 Å². The van der Waals surface area contributed by atoms with E-state index in [1.165, 1.54) is 6.07 Å². The fraction of sp³-hybridized carbons (Fsp3) is 0.365. The molecule has 0 saturated heterocycles. The second-order valence-electron chi connectivity index (χ2n) is 20.0. The molecular weight excluding hydrogens is 1000 g/mol. The second-order valence-corrected chi connectivity index (χ2v) is 20.0. The lowest BCUT2D eigenvalue weighted by molar-refractivity contribution is -0.155. The molecule has 78 heavy (non-hydrogen) atoms. The third-order valence-electron chi connectivity index (χ3n) is 14.1. The van der Waals surface area contributed by atoms with Crippen molar-refractivity contribution in [3.05, 3.63) is 185 Å². The molecule has 1 heterocycles. The molecule has 0 aromatic heterocycles. The van der Waals surface area contributed by atoms with Crippen LogP contribution in [0.4, 0.5) is 13.2 Å². The van der Waals surface area contributed by atoms with Crippen molar-refractivity contribution in [2.45, 2.75) is 147 Å². The minimum atomic E-state index is -5.36. The summed E-state index contributed by atoms with van der Waals surface area (Å²) in [5.74, 6) is -3.61. The number of carbonyl (C=O) groups excluding carboxylic acids is 3. The van der Waals surface area contributed by atoms with Crippen LogP contribution in [-0.4, -0.2) is 48.1 Å². The molecule has 6 aromatic carbocycles. The third kappa shape index (κ3) is 15.4. The van der Waals surface area contributed by atoms with Crippen LogP contribution in [0.2, 0.25) is 0 Å². The molecule has 408 valence electrons. The number of carbonyl (C=O) groups is 3. The monoisotopic (exact) mass is 1070 g/mol. The van der Waals surface area contributed by atoms with Crippen LogP contribution in [0.1, 0.15) is 133 Å². The van der Waals surface area contributed by atoms with E-state index in [9.17, 15) is 27.6 Å². The molecule has 1 N–H and O–H groups in total. The lowest BCUT2D eigenvalue weighted by Gasteiger charge is -2.36. The number of hydrogen-bond acceptors (Lipinski definition) is 11. The average Bonchev–Trinajstić information content (AvgIpc) is 3.60. The number of ether oxygens (including phenoxy) is 7. The van der Waals surface area contributed by atoms with Crippen LogP contribution in [0.15, 0.2) is 151 Å². The Hall–Kier alpha value is -7.81. The number of alkyl halides is 3. The zero-order valence-electron chi connectivity index (χ0n) is 43.6. The summed E-state index contributed by atoms with van der Waals surface area (Å²) >= 11 is 0. The fourth-order valence-electron chi connectivity index (χ4n) is 10.0. The van der Waals surface area contributed by atoms with Crippen LogP contribution in [0.5, 0.6) is 28.7 Å². The van der Waals surface area contributed by atoms with Crippen LogP contribution < -0.4 is 29.0 Å². The number of halogens is 3. The van der Waals surface area contributed by atoms with Crippen molar-refractivity contribution in [2.75, 3.05) is 0 Å². The molecule has 2 fully saturated rings. The van der Waals surface area contributed by atoms with Gasteiger partial charge in [-0.3, -0.25) is 14.4 Å².